The second-order valence-electron chi connectivity index (χ2n) is 7.74. The van der Waals surface area contributed by atoms with Crippen LogP contribution in [0.15, 0.2) is 79.4 Å². The number of ether oxygens (including phenoxy) is 1. The number of aromatic nitrogens is 1. The van der Waals surface area contributed by atoms with Crippen molar-refractivity contribution in [3.63, 3.8) is 0 Å². The lowest BCUT2D eigenvalue weighted by Crippen LogP contribution is -2.48. The number of primary amides is 1. The Kier molecular flexibility index (Phi) is 6.69. The van der Waals surface area contributed by atoms with Gasteiger partial charge in [-0.2, -0.15) is 0 Å². The van der Waals surface area contributed by atoms with E-state index in [9.17, 15) is 9.59 Å². The number of hydrogen-bond acceptors (Lipinski definition) is 5. The van der Waals surface area contributed by atoms with E-state index in [1.807, 2.05) is 54.6 Å². The smallest absolute Gasteiger partial charge is 0.250 e. The van der Waals surface area contributed by atoms with Crippen molar-refractivity contribution < 1.29 is 14.3 Å². The zero-order valence-electron chi connectivity index (χ0n) is 18.3. The maximum atomic E-state index is 12.1. The molecule has 2 N–H and O–H groups in total. The van der Waals surface area contributed by atoms with Gasteiger partial charge in [-0.05, 0) is 48.0 Å². The van der Waals surface area contributed by atoms with Crippen molar-refractivity contribution in [2.75, 3.05) is 31.1 Å². The first-order chi connectivity index (χ1) is 16.0. The molecule has 2 heterocycles. The standard InChI is InChI=1S/C26H26N4O3/c1-2-24(31)30-16-14-29(15-17-30)23-13-12-22(26(27)32)25(28-23)20-8-10-21(11-9-20)33-18-19-6-4-3-5-7-19/h2-13H,1,14-18H2,(H2,27,32). The Morgan fingerprint density at radius 2 is 1.67 bits per heavy atom. The number of anilines is 1. The maximum Gasteiger partial charge on any atom is 0.250 e. The molecule has 7 heteroatoms. The predicted molar refractivity (Wildman–Crippen MR) is 128 cm³/mol. The maximum absolute atomic E-state index is 12.1. The lowest BCUT2D eigenvalue weighted by molar-refractivity contribution is -0.126. The van der Waals surface area contributed by atoms with E-state index >= 15 is 0 Å². The van der Waals surface area contributed by atoms with Crippen molar-refractivity contribution >= 4 is 17.6 Å². The summed E-state index contributed by atoms with van der Waals surface area (Å²) in [5.41, 5.74) is 8.37. The molecule has 2 aromatic carbocycles. The van der Waals surface area contributed by atoms with Crippen LogP contribution < -0.4 is 15.4 Å². The lowest BCUT2D eigenvalue weighted by atomic mass is 10.0. The molecule has 1 aliphatic rings. The zero-order chi connectivity index (χ0) is 23.2. The van der Waals surface area contributed by atoms with Crippen LogP contribution in [0.25, 0.3) is 11.3 Å². The molecule has 0 unspecified atom stereocenters. The van der Waals surface area contributed by atoms with Crippen LogP contribution in [0, 0.1) is 0 Å². The molecule has 1 aromatic heterocycles. The predicted octanol–water partition coefficient (Wildman–Crippen LogP) is 3.26. The van der Waals surface area contributed by atoms with Crippen LogP contribution >= 0.6 is 0 Å². The van der Waals surface area contributed by atoms with Gasteiger partial charge in [0.25, 0.3) is 5.91 Å². The van der Waals surface area contributed by atoms with E-state index in [-0.39, 0.29) is 5.91 Å². The van der Waals surface area contributed by atoms with Crippen LogP contribution in [0.5, 0.6) is 5.75 Å². The average molecular weight is 443 g/mol. The summed E-state index contributed by atoms with van der Waals surface area (Å²) in [6, 6.07) is 20.9. The molecule has 0 spiro atoms. The van der Waals surface area contributed by atoms with Crippen LogP contribution in [-0.4, -0.2) is 47.9 Å². The van der Waals surface area contributed by atoms with Crippen molar-refractivity contribution in [3.05, 3.63) is 90.5 Å². The molecule has 0 bridgehead atoms. The molecular formula is C26H26N4O3. The number of amides is 2. The topological polar surface area (TPSA) is 88.8 Å². The molecule has 7 nitrogen and oxygen atoms in total. The van der Waals surface area contributed by atoms with Crippen LogP contribution in [0.3, 0.4) is 0 Å². The third-order valence-corrected chi connectivity index (χ3v) is 5.61. The second kappa shape index (κ2) is 9.99. The van der Waals surface area contributed by atoms with Crippen molar-refractivity contribution in [1.82, 2.24) is 9.88 Å². The van der Waals surface area contributed by atoms with Crippen molar-refractivity contribution in [2.24, 2.45) is 5.73 Å². The van der Waals surface area contributed by atoms with E-state index in [1.165, 1.54) is 6.08 Å². The SMILES string of the molecule is C=CC(=O)N1CCN(c2ccc(C(N)=O)c(-c3ccc(OCc4ccccc4)cc3)n2)CC1. The Balaban J connectivity index is 1.52. The molecular weight excluding hydrogens is 416 g/mol. The van der Waals surface area contributed by atoms with Gasteiger partial charge in [0.05, 0.1) is 11.3 Å². The third kappa shape index (κ3) is 5.20. The summed E-state index contributed by atoms with van der Waals surface area (Å²) < 4.78 is 5.86. The third-order valence-electron chi connectivity index (χ3n) is 5.61. The molecule has 168 valence electrons. The minimum Gasteiger partial charge on any atom is -0.489 e. The highest BCUT2D eigenvalue weighted by atomic mass is 16.5. The van der Waals surface area contributed by atoms with E-state index in [4.69, 9.17) is 15.5 Å². The summed E-state index contributed by atoms with van der Waals surface area (Å²) in [4.78, 5) is 32.5. The Hall–Kier alpha value is -4.13. The highest BCUT2D eigenvalue weighted by Crippen LogP contribution is 2.27. The first kappa shape index (κ1) is 22.1. The van der Waals surface area contributed by atoms with E-state index in [0.717, 1.165) is 22.7 Å². The van der Waals surface area contributed by atoms with E-state index in [2.05, 4.69) is 11.5 Å². The summed E-state index contributed by atoms with van der Waals surface area (Å²) in [6.45, 7) is 6.49. The number of pyridine rings is 1. The molecule has 4 rings (SSSR count). The number of carbonyl (C=O) groups is 2. The Bertz CT molecular complexity index is 1140. The quantitative estimate of drug-likeness (QED) is 0.568. The number of hydrogen-bond donors (Lipinski definition) is 1. The first-order valence-corrected chi connectivity index (χ1v) is 10.8. The first-order valence-electron chi connectivity index (χ1n) is 10.8. The lowest BCUT2D eigenvalue weighted by Gasteiger charge is -2.35. The molecule has 2 amide bonds. The number of piperazine rings is 1. The van der Waals surface area contributed by atoms with Crippen molar-refractivity contribution in [2.45, 2.75) is 6.61 Å². The molecule has 0 atom stereocenters. The monoisotopic (exact) mass is 442 g/mol. The Morgan fingerprint density at radius 3 is 2.30 bits per heavy atom. The average Bonchev–Trinajstić information content (AvgIpc) is 2.87. The van der Waals surface area contributed by atoms with Gasteiger partial charge in [-0.1, -0.05) is 36.9 Å². The Labute approximate surface area is 193 Å². The zero-order valence-corrected chi connectivity index (χ0v) is 18.3. The van der Waals surface area contributed by atoms with Gasteiger partial charge in [0, 0.05) is 31.7 Å². The summed E-state index contributed by atoms with van der Waals surface area (Å²) in [5.74, 6) is 0.865. The summed E-state index contributed by atoms with van der Waals surface area (Å²) >= 11 is 0. The van der Waals surface area contributed by atoms with E-state index in [0.29, 0.717) is 44.0 Å². The van der Waals surface area contributed by atoms with Crippen molar-refractivity contribution in [3.8, 4) is 17.0 Å². The molecule has 0 aliphatic carbocycles. The highest BCUT2D eigenvalue weighted by molar-refractivity contribution is 5.99. The van der Waals surface area contributed by atoms with Gasteiger partial charge in [-0.3, -0.25) is 9.59 Å². The molecule has 1 aliphatic heterocycles. The number of benzene rings is 2. The van der Waals surface area contributed by atoms with Gasteiger partial charge < -0.3 is 20.3 Å². The largest absolute Gasteiger partial charge is 0.489 e. The molecule has 0 radical (unpaired) electrons. The molecule has 3 aromatic rings. The van der Waals surface area contributed by atoms with Crippen LogP contribution in [-0.2, 0) is 11.4 Å². The molecule has 1 fully saturated rings. The van der Waals surface area contributed by atoms with E-state index in [1.54, 1.807) is 17.0 Å². The Morgan fingerprint density at radius 1 is 0.970 bits per heavy atom. The summed E-state index contributed by atoms with van der Waals surface area (Å²) in [6.07, 6.45) is 1.33. The number of rotatable bonds is 7. The highest BCUT2D eigenvalue weighted by Gasteiger charge is 2.22. The van der Waals surface area contributed by atoms with Gasteiger partial charge in [0.1, 0.15) is 18.2 Å². The van der Waals surface area contributed by atoms with Crippen LogP contribution in [0.4, 0.5) is 5.82 Å². The molecule has 1 saturated heterocycles. The van der Waals surface area contributed by atoms with Gasteiger partial charge >= 0.3 is 0 Å². The van der Waals surface area contributed by atoms with E-state index < -0.39 is 5.91 Å². The number of nitrogens with two attached hydrogens (primary N) is 1. The number of carbonyl (C=O) groups excluding carboxylic acids is 2. The van der Waals surface area contributed by atoms with Crippen LogP contribution in [0.1, 0.15) is 15.9 Å². The van der Waals surface area contributed by atoms with Gasteiger partial charge in [0.2, 0.25) is 5.91 Å². The molecule has 0 saturated carbocycles. The fourth-order valence-corrected chi connectivity index (χ4v) is 3.78. The number of nitrogens with zero attached hydrogens (tertiary/aromatic N) is 3. The molecule has 33 heavy (non-hydrogen) atoms. The van der Waals surface area contributed by atoms with Gasteiger partial charge in [-0.25, -0.2) is 4.98 Å². The summed E-state index contributed by atoms with van der Waals surface area (Å²) in [5, 5.41) is 0. The fourth-order valence-electron chi connectivity index (χ4n) is 3.78. The van der Waals surface area contributed by atoms with Gasteiger partial charge in [0.15, 0.2) is 0 Å². The van der Waals surface area contributed by atoms with Gasteiger partial charge in [-0.15, -0.1) is 0 Å². The van der Waals surface area contributed by atoms with Crippen LogP contribution in [0.2, 0.25) is 0 Å². The fraction of sp³-hybridized carbons (Fsp3) is 0.192. The minimum absolute atomic E-state index is 0.0676. The van der Waals surface area contributed by atoms with Crippen molar-refractivity contribution in [1.29, 1.82) is 0 Å². The normalized spacial score (nSPS) is 13.5. The minimum atomic E-state index is -0.533. The second-order valence-corrected chi connectivity index (χ2v) is 7.74. The summed E-state index contributed by atoms with van der Waals surface area (Å²) in [7, 11) is 0.